The molecule has 0 saturated heterocycles. The first kappa shape index (κ1) is 32.9. The number of carboxylic acid groups (broad SMARTS) is 2. The molecule has 0 fully saturated rings. The van der Waals surface area contributed by atoms with E-state index in [1.54, 1.807) is 24.3 Å². The van der Waals surface area contributed by atoms with Crippen LogP contribution in [0.1, 0.15) is 43.2 Å². The van der Waals surface area contributed by atoms with Crippen LogP contribution in [0, 0.1) is 0 Å². The number of carbonyl (C=O) groups is 5. The molecule has 0 aromatic heterocycles. The first-order chi connectivity index (χ1) is 19.6. The van der Waals surface area contributed by atoms with Gasteiger partial charge in [0, 0.05) is 12.8 Å². The molecule has 12 heteroatoms. The van der Waals surface area contributed by atoms with Gasteiger partial charge in [0.25, 0.3) is 0 Å². The van der Waals surface area contributed by atoms with E-state index in [1.165, 1.54) is 0 Å². The summed E-state index contributed by atoms with van der Waals surface area (Å²) in [6, 6.07) is 13.6. The molecule has 0 aliphatic heterocycles. The monoisotopic (exact) mass is 569 g/mol. The smallest absolute Gasteiger partial charge is 0.326 e. The van der Waals surface area contributed by atoms with E-state index < -0.39 is 60.2 Å². The van der Waals surface area contributed by atoms with Crippen molar-refractivity contribution in [3.8, 4) is 0 Å². The van der Waals surface area contributed by atoms with Crippen molar-refractivity contribution >= 4 is 29.7 Å². The molecule has 4 atom stereocenters. The van der Waals surface area contributed by atoms with E-state index in [0.717, 1.165) is 11.1 Å². The van der Waals surface area contributed by atoms with Gasteiger partial charge in [-0.15, -0.1) is 0 Å². The Kier molecular flexibility index (Phi) is 14.0. The zero-order valence-electron chi connectivity index (χ0n) is 22.8. The van der Waals surface area contributed by atoms with Gasteiger partial charge in [-0.1, -0.05) is 60.7 Å². The van der Waals surface area contributed by atoms with Crippen molar-refractivity contribution in [1.29, 1.82) is 0 Å². The van der Waals surface area contributed by atoms with Gasteiger partial charge in [-0.3, -0.25) is 19.2 Å². The summed E-state index contributed by atoms with van der Waals surface area (Å²) in [6.45, 7) is 0.352. The third kappa shape index (κ3) is 12.2. The summed E-state index contributed by atoms with van der Waals surface area (Å²) in [5.41, 5.74) is 13.3. The van der Waals surface area contributed by atoms with Crippen LogP contribution in [-0.2, 0) is 36.8 Å². The summed E-state index contributed by atoms with van der Waals surface area (Å²) in [7, 11) is 0. The second kappa shape index (κ2) is 17.4. The van der Waals surface area contributed by atoms with Crippen LogP contribution in [0.25, 0.3) is 0 Å². The van der Waals surface area contributed by atoms with E-state index >= 15 is 0 Å². The highest BCUT2D eigenvalue weighted by Gasteiger charge is 2.30. The summed E-state index contributed by atoms with van der Waals surface area (Å²) in [5.74, 6) is -4.58. The van der Waals surface area contributed by atoms with E-state index in [-0.39, 0.29) is 25.7 Å². The third-order valence-corrected chi connectivity index (χ3v) is 6.39. The van der Waals surface area contributed by atoms with Gasteiger partial charge in [-0.25, -0.2) is 4.79 Å². The average molecular weight is 570 g/mol. The highest BCUT2D eigenvalue weighted by Crippen LogP contribution is 2.09. The van der Waals surface area contributed by atoms with Gasteiger partial charge in [0.15, 0.2) is 0 Å². The molecule has 9 N–H and O–H groups in total. The van der Waals surface area contributed by atoms with E-state index in [9.17, 15) is 29.1 Å². The third-order valence-electron chi connectivity index (χ3n) is 6.39. The number of hydrogen-bond donors (Lipinski definition) is 7. The maximum atomic E-state index is 13.5. The lowest BCUT2D eigenvalue weighted by molar-refractivity contribution is -0.143. The summed E-state index contributed by atoms with van der Waals surface area (Å²) >= 11 is 0. The van der Waals surface area contributed by atoms with Gasteiger partial charge in [-0.05, 0) is 49.8 Å². The Morgan fingerprint density at radius 1 is 0.659 bits per heavy atom. The average Bonchev–Trinajstić information content (AvgIpc) is 2.95. The first-order valence-corrected chi connectivity index (χ1v) is 13.5. The molecule has 0 spiro atoms. The number of aliphatic carboxylic acids is 2. The number of carboxylic acids is 2. The van der Waals surface area contributed by atoms with Crippen molar-refractivity contribution in [3.05, 3.63) is 71.8 Å². The number of nitrogens with one attached hydrogen (secondary N) is 3. The fraction of sp³-hybridized carbons (Fsp3) is 0.414. The molecule has 41 heavy (non-hydrogen) atoms. The van der Waals surface area contributed by atoms with Gasteiger partial charge < -0.3 is 37.6 Å². The number of rotatable bonds is 18. The molecule has 0 aliphatic rings. The highest BCUT2D eigenvalue weighted by atomic mass is 16.4. The molecule has 222 valence electrons. The summed E-state index contributed by atoms with van der Waals surface area (Å²) in [6.07, 6.45) is 0.744. The second-order valence-corrected chi connectivity index (χ2v) is 9.72. The minimum absolute atomic E-state index is 0.115. The van der Waals surface area contributed by atoms with Gasteiger partial charge in [0.1, 0.15) is 18.1 Å². The minimum Gasteiger partial charge on any atom is -0.481 e. The summed E-state index contributed by atoms with van der Waals surface area (Å²) < 4.78 is 0. The van der Waals surface area contributed by atoms with Crippen molar-refractivity contribution < 1.29 is 34.2 Å². The summed E-state index contributed by atoms with van der Waals surface area (Å²) in [5, 5.41) is 26.0. The van der Waals surface area contributed by atoms with E-state index in [2.05, 4.69) is 16.0 Å². The molecule has 4 unspecified atom stereocenters. The van der Waals surface area contributed by atoms with Crippen LogP contribution < -0.4 is 27.4 Å². The van der Waals surface area contributed by atoms with Crippen molar-refractivity contribution in [2.75, 3.05) is 6.54 Å². The quantitative estimate of drug-likeness (QED) is 0.123. The number of benzene rings is 2. The number of amides is 3. The molecular weight excluding hydrogens is 530 g/mol. The molecule has 0 heterocycles. The maximum Gasteiger partial charge on any atom is 0.326 e. The van der Waals surface area contributed by atoms with Crippen LogP contribution in [0.4, 0.5) is 0 Å². The molecule has 2 aromatic rings. The molecule has 0 saturated carbocycles. The number of carbonyl (C=O) groups excluding carboxylic acids is 3. The van der Waals surface area contributed by atoms with E-state index in [1.807, 2.05) is 36.4 Å². The molecule has 0 aliphatic carbocycles. The van der Waals surface area contributed by atoms with Gasteiger partial charge in [0.05, 0.1) is 6.04 Å². The van der Waals surface area contributed by atoms with Crippen LogP contribution in [0.3, 0.4) is 0 Å². The van der Waals surface area contributed by atoms with E-state index in [0.29, 0.717) is 19.4 Å². The normalized spacial score (nSPS) is 13.7. The standard InChI is InChI=1S/C29H39N5O7/c30-16-8-7-13-22(27(38)33-23(29(40)41)14-15-25(35)36)32-28(39)24(18-20-11-5-2-6-12-20)34-26(37)21(31)17-19-9-3-1-4-10-19/h1-6,9-12,21-24H,7-8,13-18,30-31H2,(H,32,39)(H,33,38)(H,34,37)(H,35,36)(H,40,41). The molecule has 0 radical (unpaired) electrons. The van der Waals surface area contributed by atoms with E-state index in [4.69, 9.17) is 16.6 Å². The van der Waals surface area contributed by atoms with Crippen molar-refractivity contribution in [2.45, 2.75) is 69.1 Å². The lowest BCUT2D eigenvalue weighted by Crippen LogP contribution is -2.57. The molecule has 12 nitrogen and oxygen atoms in total. The van der Waals surface area contributed by atoms with Crippen LogP contribution >= 0.6 is 0 Å². The minimum atomic E-state index is -1.46. The van der Waals surface area contributed by atoms with Gasteiger partial charge in [0.2, 0.25) is 17.7 Å². The predicted molar refractivity (Wildman–Crippen MR) is 151 cm³/mol. The first-order valence-electron chi connectivity index (χ1n) is 13.5. The van der Waals surface area contributed by atoms with Gasteiger partial charge in [-0.2, -0.15) is 0 Å². The van der Waals surface area contributed by atoms with Crippen LogP contribution in [0.5, 0.6) is 0 Å². The zero-order valence-corrected chi connectivity index (χ0v) is 22.8. The van der Waals surface area contributed by atoms with Gasteiger partial charge >= 0.3 is 11.9 Å². The highest BCUT2D eigenvalue weighted by molar-refractivity contribution is 5.94. The maximum absolute atomic E-state index is 13.5. The second-order valence-electron chi connectivity index (χ2n) is 9.72. The van der Waals surface area contributed by atoms with Crippen LogP contribution in [0.15, 0.2) is 60.7 Å². The topological polar surface area (TPSA) is 214 Å². The fourth-order valence-corrected chi connectivity index (χ4v) is 4.13. The molecular formula is C29H39N5O7. The number of hydrogen-bond acceptors (Lipinski definition) is 7. The fourth-order valence-electron chi connectivity index (χ4n) is 4.13. The van der Waals surface area contributed by atoms with Crippen molar-refractivity contribution in [1.82, 2.24) is 16.0 Å². The lowest BCUT2D eigenvalue weighted by atomic mass is 10.0. The SMILES string of the molecule is NCCCCC(NC(=O)C(Cc1ccccc1)NC(=O)C(N)Cc1ccccc1)C(=O)NC(CCC(=O)O)C(=O)O. The number of nitrogens with two attached hydrogens (primary N) is 2. The van der Waals surface area contributed by atoms with Crippen molar-refractivity contribution in [2.24, 2.45) is 11.5 Å². The molecule has 2 rings (SSSR count). The Labute approximate surface area is 238 Å². The Hall–Kier alpha value is -4.29. The zero-order chi connectivity index (χ0) is 30.2. The lowest BCUT2D eigenvalue weighted by Gasteiger charge is -2.25. The Balaban J connectivity index is 2.20. The largest absolute Gasteiger partial charge is 0.481 e. The van der Waals surface area contributed by atoms with Crippen LogP contribution in [-0.4, -0.2) is 70.6 Å². The number of unbranched alkanes of at least 4 members (excludes halogenated alkanes) is 1. The van der Waals surface area contributed by atoms with Crippen LogP contribution in [0.2, 0.25) is 0 Å². The molecule has 3 amide bonds. The Bertz CT molecular complexity index is 1150. The molecule has 2 aromatic carbocycles. The Morgan fingerprint density at radius 2 is 1.17 bits per heavy atom. The summed E-state index contributed by atoms with van der Waals surface area (Å²) in [4.78, 5) is 62.1. The van der Waals surface area contributed by atoms with Crippen molar-refractivity contribution in [3.63, 3.8) is 0 Å². The Morgan fingerprint density at radius 3 is 1.71 bits per heavy atom. The predicted octanol–water partition coefficient (Wildman–Crippen LogP) is 0.332. The molecule has 0 bridgehead atoms.